The second-order valence-corrected chi connectivity index (χ2v) is 6.76. The molecule has 0 radical (unpaired) electrons. The maximum absolute atomic E-state index is 12.4. The number of carbonyl (C=O) groups is 1. The predicted octanol–water partition coefficient (Wildman–Crippen LogP) is 2.65. The van der Waals surface area contributed by atoms with Crippen molar-refractivity contribution >= 4 is 27.7 Å². The van der Waals surface area contributed by atoms with Crippen molar-refractivity contribution in [3.8, 4) is 5.75 Å². The molecule has 2 aromatic carbocycles. The van der Waals surface area contributed by atoms with Gasteiger partial charge in [0.1, 0.15) is 5.75 Å². The minimum atomic E-state index is -3.69. The number of likely N-dealkylation sites (N-methyl/N-ethyl adjacent to an activating group) is 1. The molecule has 2 N–H and O–H groups in total. The highest BCUT2D eigenvalue weighted by molar-refractivity contribution is 7.92. The van der Waals surface area contributed by atoms with E-state index in [1.807, 2.05) is 6.92 Å². The summed E-state index contributed by atoms with van der Waals surface area (Å²) in [6, 6.07) is 12.9. The third-order valence-corrected chi connectivity index (χ3v) is 4.68. The van der Waals surface area contributed by atoms with Crippen molar-refractivity contribution in [1.29, 1.82) is 0 Å². The van der Waals surface area contributed by atoms with E-state index in [1.54, 1.807) is 42.5 Å². The van der Waals surface area contributed by atoms with Crippen LogP contribution in [0.5, 0.6) is 5.75 Å². The van der Waals surface area contributed by atoms with E-state index >= 15 is 0 Å². The summed E-state index contributed by atoms with van der Waals surface area (Å²) >= 11 is 0. The lowest BCUT2D eigenvalue weighted by Gasteiger charge is -2.09. The van der Waals surface area contributed by atoms with Gasteiger partial charge in [0, 0.05) is 18.8 Å². The lowest BCUT2D eigenvalue weighted by Crippen LogP contribution is -2.14. The first-order valence-corrected chi connectivity index (χ1v) is 9.18. The molecule has 0 unspecified atom stereocenters. The Hall–Kier alpha value is -2.80. The highest BCUT2D eigenvalue weighted by atomic mass is 32.2. The second kappa shape index (κ2) is 8.34. The van der Waals surface area contributed by atoms with Gasteiger partial charge in [-0.1, -0.05) is 12.1 Å². The van der Waals surface area contributed by atoms with Crippen molar-refractivity contribution in [3.63, 3.8) is 0 Å². The van der Waals surface area contributed by atoms with Crippen molar-refractivity contribution in [1.82, 2.24) is 5.32 Å². The molecule has 6 nitrogen and oxygen atoms in total. The van der Waals surface area contributed by atoms with Gasteiger partial charge in [-0.25, -0.2) is 8.42 Å². The van der Waals surface area contributed by atoms with Crippen LogP contribution in [0.15, 0.2) is 59.5 Å². The summed E-state index contributed by atoms with van der Waals surface area (Å²) < 4.78 is 32.7. The van der Waals surface area contributed by atoms with Crippen LogP contribution in [0.25, 0.3) is 6.08 Å². The highest BCUT2D eigenvalue weighted by Crippen LogP contribution is 2.20. The number of anilines is 1. The molecule has 0 saturated heterocycles. The number of hydrogen-bond donors (Lipinski definition) is 2. The predicted molar refractivity (Wildman–Crippen MR) is 98.0 cm³/mol. The van der Waals surface area contributed by atoms with E-state index in [-0.39, 0.29) is 10.8 Å². The highest BCUT2D eigenvalue weighted by Gasteiger charge is 2.13. The maximum Gasteiger partial charge on any atom is 0.261 e. The Labute approximate surface area is 147 Å². The first-order chi connectivity index (χ1) is 11.9. The van der Waals surface area contributed by atoms with Gasteiger partial charge in [-0.2, -0.15) is 0 Å². The van der Waals surface area contributed by atoms with Crippen LogP contribution in [-0.4, -0.2) is 28.0 Å². The third-order valence-electron chi connectivity index (χ3n) is 3.28. The topological polar surface area (TPSA) is 84.5 Å². The molecule has 0 aliphatic heterocycles. The fourth-order valence-electron chi connectivity index (χ4n) is 2.01. The van der Waals surface area contributed by atoms with Crippen molar-refractivity contribution in [2.75, 3.05) is 18.4 Å². The molecule has 2 aromatic rings. The van der Waals surface area contributed by atoms with E-state index in [2.05, 4.69) is 10.0 Å². The smallest absolute Gasteiger partial charge is 0.261 e. The zero-order chi connectivity index (χ0) is 18.3. The number of nitrogens with one attached hydrogen (secondary N) is 2. The van der Waals surface area contributed by atoms with Gasteiger partial charge in [0.05, 0.1) is 11.5 Å². The first-order valence-electron chi connectivity index (χ1n) is 7.70. The van der Waals surface area contributed by atoms with Gasteiger partial charge >= 0.3 is 0 Å². The monoisotopic (exact) mass is 360 g/mol. The molecular formula is C18H20N2O4S. The van der Waals surface area contributed by atoms with Crippen LogP contribution in [0, 0.1) is 0 Å². The fraction of sp³-hybridized carbons (Fsp3) is 0.167. The van der Waals surface area contributed by atoms with Crippen LogP contribution < -0.4 is 14.8 Å². The van der Waals surface area contributed by atoms with Crippen LogP contribution in [0.3, 0.4) is 0 Å². The number of carbonyl (C=O) groups excluding carboxylic acids is 1. The molecule has 2 rings (SSSR count). The fourth-order valence-corrected chi connectivity index (χ4v) is 3.07. The molecule has 0 saturated carbocycles. The van der Waals surface area contributed by atoms with Crippen LogP contribution in [-0.2, 0) is 14.8 Å². The van der Waals surface area contributed by atoms with E-state index in [0.29, 0.717) is 18.0 Å². The van der Waals surface area contributed by atoms with Crippen LogP contribution in [0.1, 0.15) is 12.5 Å². The number of hydrogen-bond acceptors (Lipinski definition) is 4. The summed E-state index contributed by atoms with van der Waals surface area (Å²) in [6.07, 6.45) is 2.98. The number of sulfonamides is 1. The lowest BCUT2D eigenvalue weighted by atomic mass is 10.2. The Morgan fingerprint density at radius 2 is 1.72 bits per heavy atom. The van der Waals surface area contributed by atoms with E-state index in [1.165, 1.54) is 25.3 Å². The number of ether oxygens (including phenoxy) is 1. The average molecular weight is 360 g/mol. The molecule has 7 heteroatoms. The van der Waals surface area contributed by atoms with Crippen molar-refractivity contribution in [2.24, 2.45) is 0 Å². The standard InChI is InChI=1S/C18H20N2O4S/c1-3-24-16-9-7-15(8-10-16)20-25(22,23)17-11-4-14(5-12-17)6-13-18(21)19-2/h4-13,20H,3H2,1-2H3,(H,19,21)/b13-6+. The zero-order valence-corrected chi connectivity index (χ0v) is 14.8. The van der Waals surface area contributed by atoms with Gasteiger partial charge in [-0.3, -0.25) is 9.52 Å². The summed E-state index contributed by atoms with van der Waals surface area (Å²) in [6.45, 7) is 2.43. The number of amides is 1. The quantitative estimate of drug-likeness (QED) is 0.744. The first kappa shape index (κ1) is 18.5. The molecular weight excluding hydrogens is 340 g/mol. The normalized spacial score (nSPS) is 11.3. The van der Waals surface area contributed by atoms with Crippen molar-refractivity contribution in [3.05, 3.63) is 60.2 Å². The van der Waals surface area contributed by atoms with Gasteiger partial charge in [0.2, 0.25) is 5.91 Å². The summed E-state index contributed by atoms with van der Waals surface area (Å²) in [5.74, 6) is 0.451. The SMILES string of the molecule is CCOc1ccc(NS(=O)(=O)c2ccc(/C=C/C(=O)NC)cc2)cc1. The van der Waals surface area contributed by atoms with Crippen LogP contribution in [0.2, 0.25) is 0 Å². The number of rotatable bonds is 7. The molecule has 0 aliphatic rings. The zero-order valence-electron chi connectivity index (χ0n) is 14.0. The van der Waals surface area contributed by atoms with Crippen LogP contribution >= 0.6 is 0 Å². The molecule has 0 atom stereocenters. The Bertz CT molecular complexity index is 842. The maximum atomic E-state index is 12.4. The minimum Gasteiger partial charge on any atom is -0.494 e. The summed E-state index contributed by atoms with van der Waals surface area (Å²) in [4.78, 5) is 11.3. The molecule has 132 valence electrons. The van der Waals surface area contributed by atoms with Crippen LogP contribution in [0.4, 0.5) is 5.69 Å². The van der Waals surface area contributed by atoms with Gasteiger partial charge < -0.3 is 10.1 Å². The second-order valence-electron chi connectivity index (χ2n) is 5.08. The van der Waals surface area contributed by atoms with Crippen molar-refractivity contribution < 1.29 is 17.9 Å². The Morgan fingerprint density at radius 3 is 2.28 bits per heavy atom. The van der Waals surface area contributed by atoms with Crippen molar-refractivity contribution in [2.45, 2.75) is 11.8 Å². The molecule has 0 heterocycles. The molecule has 1 amide bonds. The summed E-state index contributed by atoms with van der Waals surface area (Å²) in [5, 5.41) is 2.47. The molecule has 0 fully saturated rings. The van der Waals surface area contributed by atoms with E-state index in [9.17, 15) is 13.2 Å². The lowest BCUT2D eigenvalue weighted by molar-refractivity contribution is -0.115. The number of benzene rings is 2. The minimum absolute atomic E-state index is 0.137. The Balaban J connectivity index is 2.11. The Morgan fingerprint density at radius 1 is 1.08 bits per heavy atom. The van der Waals surface area contributed by atoms with Gasteiger partial charge in [0.15, 0.2) is 0 Å². The Kier molecular flexibility index (Phi) is 6.19. The van der Waals surface area contributed by atoms with Gasteiger partial charge in [-0.15, -0.1) is 0 Å². The van der Waals surface area contributed by atoms with E-state index in [0.717, 1.165) is 5.56 Å². The molecule has 0 spiro atoms. The molecule has 0 bridgehead atoms. The average Bonchev–Trinajstić information content (AvgIpc) is 2.61. The summed E-state index contributed by atoms with van der Waals surface area (Å²) in [7, 11) is -2.15. The molecule has 25 heavy (non-hydrogen) atoms. The van der Waals surface area contributed by atoms with Gasteiger partial charge in [-0.05, 0) is 55.0 Å². The van der Waals surface area contributed by atoms with Gasteiger partial charge in [0.25, 0.3) is 10.0 Å². The third kappa shape index (κ3) is 5.36. The van der Waals surface area contributed by atoms with E-state index in [4.69, 9.17) is 4.74 Å². The molecule has 0 aromatic heterocycles. The summed E-state index contributed by atoms with van der Waals surface area (Å²) in [5.41, 5.74) is 1.18. The van der Waals surface area contributed by atoms with E-state index < -0.39 is 10.0 Å². The largest absolute Gasteiger partial charge is 0.494 e. The molecule has 0 aliphatic carbocycles.